The molecule has 0 saturated carbocycles. The van der Waals surface area contributed by atoms with Gasteiger partial charge in [-0.15, -0.1) is 0 Å². The van der Waals surface area contributed by atoms with Gasteiger partial charge in [-0.1, -0.05) is 47.0 Å². The molecule has 147 valence electrons. The second kappa shape index (κ2) is 12.7. The van der Waals surface area contributed by atoms with Gasteiger partial charge in [0, 0.05) is 5.02 Å². The minimum absolute atomic E-state index is 0. The van der Waals surface area contributed by atoms with Crippen molar-refractivity contribution in [3.8, 4) is 0 Å². The summed E-state index contributed by atoms with van der Waals surface area (Å²) in [5.74, 6) is 0. The van der Waals surface area contributed by atoms with Crippen LogP contribution < -0.4 is 24.8 Å². The molecule has 1 radical (unpaired) electrons. The van der Waals surface area contributed by atoms with E-state index in [0.717, 1.165) is 11.4 Å². The maximum Gasteiger partial charge on any atom is 2.00 e. The van der Waals surface area contributed by atoms with Crippen molar-refractivity contribution in [1.82, 2.24) is 4.98 Å². The standard InChI is InChI=1S/C21H18ClN3.2ClH.Co/c1-15-3-7-18(8-4-15)23-13-20-11-17(22)12-21(25-20)14-24-19-9-5-16(2)6-10-19;;;/h3-14H,1-2H3;2*1H;/q;;;+2/p-2. The molecule has 28 heavy (non-hydrogen) atoms. The number of aliphatic imine (C=N–C) groups is 2. The van der Waals surface area contributed by atoms with Crippen LogP contribution in [0.2, 0.25) is 5.02 Å². The Morgan fingerprint density at radius 1 is 0.714 bits per heavy atom. The number of aryl methyl sites for hydroxylation is 2. The molecule has 0 saturated heterocycles. The van der Waals surface area contributed by atoms with Gasteiger partial charge < -0.3 is 24.8 Å². The zero-order valence-corrected chi connectivity index (χ0v) is 18.5. The molecule has 0 unspecified atom stereocenters. The average Bonchev–Trinajstić information content (AvgIpc) is 2.60. The summed E-state index contributed by atoms with van der Waals surface area (Å²) in [6, 6.07) is 19.5. The van der Waals surface area contributed by atoms with Gasteiger partial charge in [0.25, 0.3) is 0 Å². The van der Waals surface area contributed by atoms with E-state index in [1.54, 1.807) is 24.6 Å². The van der Waals surface area contributed by atoms with E-state index in [0.29, 0.717) is 16.4 Å². The molecule has 2 aromatic carbocycles. The molecule has 0 atom stereocenters. The first-order valence-electron chi connectivity index (χ1n) is 7.97. The largest absolute Gasteiger partial charge is 2.00 e. The maximum absolute atomic E-state index is 6.19. The number of pyridine rings is 1. The summed E-state index contributed by atoms with van der Waals surface area (Å²) in [6.07, 6.45) is 3.42. The minimum atomic E-state index is 0. The van der Waals surface area contributed by atoms with Crippen molar-refractivity contribution < 1.29 is 41.6 Å². The third-order valence-electron chi connectivity index (χ3n) is 3.59. The summed E-state index contributed by atoms with van der Waals surface area (Å²) in [7, 11) is 0. The Bertz CT molecular complexity index is 851. The molecule has 3 nitrogen and oxygen atoms in total. The monoisotopic (exact) mass is 476 g/mol. The summed E-state index contributed by atoms with van der Waals surface area (Å²) in [5.41, 5.74) is 5.55. The van der Waals surface area contributed by atoms with E-state index >= 15 is 0 Å². The van der Waals surface area contributed by atoms with E-state index < -0.39 is 0 Å². The zero-order valence-electron chi connectivity index (χ0n) is 15.2. The first kappa shape index (κ1) is 26.3. The Labute approximate surface area is 193 Å². The predicted molar refractivity (Wildman–Crippen MR) is 106 cm³/mol. The summed E-state index contributed by atoms with van der Waals surface area (Å²) in [6.45, 7) is 4.09. The third-order valence-corrected chi connectivity index (χ3v) is 3.81. The van der Waals surface area contributed by atoms with Crippen LogP contribution in [0.3, 0.4) is 0 Å². The Morgan fingerprint density at radius 2 is 1.07 bits per heavy atom. The first-order valence-corrected chi connectivity index (χ1v) is 8.35. The Balaban J connectivity index is 0.00000243. The SMILES string of the molecule is Cc1ccc(N=Cc2cc(Cl)cc(C=Nc3ccc(C)cc3)n2)cc1.[Cl-].[Cl-].[Co+2]. The number of benzene rings is 2. The van der Waals surface area contributed by atoms with Gasteiger partial charge in [-0.05, 0) is 50.2 Å². The number of hydrogen-bond acceptors (Lipinski definition) is 3. The summed E-state index contributed by atoms with van der Waals surface area (Å²) >= 11 is 6.19. The van der Waals surface area contributed by atoms with Crippen molar-refractivity contribution in [3.05, 3.63) is 88.2 Å². The van der Waals surface area contributed by atoms with Crippen LogP contribution in [0.25, 0.3) is 0 Å². The number of aromatic nitrogens is 1. The van der Waals surface area contributed by atoms with Crippen LogP contribution in [0.15, 0.2) is 70.6 Å². The molecular weight excluding hydrogens is 460 g/mol. The maximum atomic E-state index is 6.19. The van der Waals surface area contributed by atoms with Crippen LogP contribution in [-0.2, 0) is 16.8 Å². The number of halogens is 3. The molecule has 0 spiro atoms. The van der Waals surface area contributed by atoms with Crippen molar-refractivity contribution in [1.29, 1.82) is 0 Å². The van der Waals surface area contributed by atoms with Gasteiger partial charge in [0.15, 0.2) is 0 Å². The van der Waals surface area contributed by atoms with Gasteiger partial charge in [-0.2, -0.15) is 0 Å². The summed E-state index contributed by atoms with van der Waals surface area (Å²) < 4.78 is 0. The van der Waals surface area contributed by atoms with E-state index in [2.05, 4.69) is 15.0 Å². The molecule has 3 aromatic rings. The van der Waals surface area contributed by atoms with Gasteiger partial charge in [-0.25, -0.2) is 4.98 Å². The topological polar surface area (TPSA) is 37.6 Å². The molecule has 0 aliphatic carbocycles. The number of rotatable bonds is 4. The fourth-order valence-electron chi connectivity index (χ4n) is 2.21. The Kier molecular flexibility index (Phi) is 11.9. The molecule has 3 rings (SSSR count). The van der Waals surface area contributed by atoms with E-state index in [1.807, 2.05) is 62.4 Å². The molecule has 0 aliphatic heterocycles. The molecule has 1 heterocycles. The normalized spacial score (nSPS) is 10.2. The summed E-state index contributed by atoms with van der Waals surface area (Å²) in [4.78, 5) is 13.4. The summed E-state index contributed by atoms with van der Waals surface area (Å²) in [5, 5.41) is 0.603. The van der Waals surface area contributed by atoms with Crippen molar-refractivity contribution in [2.75, 3.05) is 0 Å². The second-order valence-corrected chi connectivity index (χ2v) is 6.26. The molecule has 0 fully saturated rings. The van der Waals surface area contributed by atoms with Gasteiger partial charge in [-0.3, -0.25) is 9.98 Å². The smallest absolute Gasteiger partial charge is 1.00 e. The van der Waals surface area contributed by atoms with Crippen molar-refractivity contribution in [3.63, 3.8) is 0 Å². The van der Waals surface area contributed by atoms with Crippen molar-refractivity contribution in [2.24, 2.45) is 9.98 Å². The Morgan fingerprint density at radius 3 is 1.43 bits per heavy atom. The van der Waals surface area contributed by atoms with E-state index in [1.165, 1.54) is 11.1 Å². The van der Waals surface area contributed by atoms with Crippen LogP contribution in [0.5, 0.6) is 0 Å². The average molecular weight is 478 g/mol. The first-order chi connectivity index (χ1) is 12.1. The molecule has 1 aromatic heterocycles. The number of hydrogen-bond donors (Lipinski definition) is 0. The van der Waals surface area contributed by atoms with Crippen molar-refractivity contribution in [2.45, 2.75) is 13.8 Å². The molecule has 7 heteroatoms. The molecule has 0 bridgehead atoms. The van der Waals surface area contributed by atoms with Crippen LogP contribution in [-0.4, -0.2) is 17.4 Å². The van der Waals surface area contributed by atoms with E-state index in [4.69, 9.17) is 11.6 Å². The minimum Gasteiger partial charge on any atom is -1.00 e. The van der Waals surface area contributed by atoms with Crippen LogP contribution >= 0.6 is 11.6 Å². The molecule has 0 amide bonds. The number of nitrogens with zero attached hydrogens (tertiary/aromatic N) is 3. The van der Waals surface area contributed by atoms with Gasteiger partial charge >= 0.3 is 16.8 Å². The van der Waals surface area contributed by atoms with E-state index in [-0.39, 0.29) is 41.6 Å². The molecular formula is C21H18Cl3CoN3. The Hall–Kier alpha value is -1.69. The van der Waals surface area contributed by atoms with Crippen LogP contribution in [0, 0.1) is 13.8 Å². The van der Waals surface area contributed by atoms with Crippen LogP contribution in [0.4, 0.5) is 11.4 Å². The van der Waals surface area contributed by atoms with Gasteiger partial charge in [0.1, 0.15) is 0 Å². The van der Waals surface area contributed by atoms with Gasteiger partial charge in [0.05, 0.1) is 35.2 Å². The van der Waals surface area contributed by atoms with Gasteiger partial charge in [0.2, 0.25) is 0 Å². The van der Waals surface area contributed by atoms with Crippen molar-refractivity contribution >= 4 is 35.4 Å². The van der Waals surface area contributed by atoms with E-state index in [9.17, 15) is 0 Å². The van der Waals surface area contributed by atoms with Crippen LogP contribution in [0.1, 0.15) is 22.5 Å². The second-order valence-electron chi connectivity index (χ2n) is 5.82. The molecule has 0 N–H and O–H groups in total. The quantitative estimate of drug-likeness (QED) is 0.482. The molecule has 0 aliphatic rings. The zero-order chi connectivity index (χ0) is 17.6. The fraction of sp³-hybridized carbons (Fsp3) is 0.0952. The fourth-order valence-corrected chi connectivity index (χ4v) is 2.44. The third kappa shape index (κ3) is 8.13. The predicted octanol–water partition coefficient (Wildman–Crippen LogP) is -0.141.